The average Bonchev–Trinajstić information content (AvgIpc) is 3.58. The van der Waals surface area contributed by atoms with Gasteiger partial charge in [-0.15, -0.1) is 0 Å². The lowest BCUT2D eigenvalue weighted by Gasteiger charge is -2.37. The summed E-state index contributed by atoms with van der Waals surface area (Å²) < 4.78 is 17.9. The van der Waals surface area contributed by atoms with Gasteiger partial charge in [-0.05, 0) is 87.5 Å². The topological polar surface area (TPSA) is 98.0 Å². The van der Waals surface area contributed by atoms with Crippen LogP contribution in [0.25, 0.3) is 16.6 Å². The molecule has 2 saturated heterocycles. The number of likely N-dealkylation sites (tertiary alicyclic amines) is 2. The molecule has 1 saturated carbocycles. The van der Waals surface area contributed by atoms with Crippen LogP contribution in [-0.4, -0.2) is 56.0 Å². The highest BCUT2D eigenvalue weighted by Gasteiger charge is 2.33. The average molecular weight is 533 g/mol. The fourth-order valence-electron chi connectivity index (χ4n) is 6.90. The Hall–Kier alpha value is -3.40. The Kier molecular flexibility index (Phi) is 7.29. The Morgan fingerprint density at radius 1 is 0.923 bits per heavy atom. The van der Waals surface area contributed by atoms with E-state index in [1.54, 1.807) is 18.3 Å². The maximum absolute atomic E-state index is 14.2. The lowest BCUT2D eigenvalue weighted by molar-refractivity contribution is -0.138. The predicted molar refractivity (Wildman–Crippen MR) is 146 cm³/mol. The molecule has 0 atom stereocenters. The number of imidazole rings is 1. The molecule has 10 heteroatoms. The van der Waals surface area contributed by atoms with Gasteiger partial charge in [0.1, 0.15) is 11.6 Å². The van der Waals surface area contributed by atoms with Crippen molar-refractivity contribution in [1.82, 2.24) is 23.9 Å². The highest BCUT2D eigenvalue weighted by molar-refractivity contribution is 5.79. The van der Waals surface area contributed by atoms with Gasteiger partial charge in [-0.3, -0.25) is 18.8 Å². The Balaban J connectivity index is 1.08. The molecule has 0 spiro atoms. The minimum absolute atomic E-state index is 0.00919. The van der Waals surface area contributed by atoms with Crippen molar-refractivity contribution in [2.75, 3.05) is 26.2 Å². The number of carbonyl (C=O) groups is 1. The van der Waals surface area contributed by atoms with Crippen molar-refractivity contribution < 1.29 is 9.18 Å². The molecule has 206 valence electrons. The smallest absolute Gasteiger partial charge is 0.329 e. The minimum atomic E-state index is -0.316. The molecule has 4 heterocycles. The van der Waals surface area contributed by atoms with E-state index in [0.717, 1.165) is 82.1 Å². The number of amides is 1. The molecule has 2 aliphatic heterocycles. The number of rotatable bonds is 6. The lowest BCUT2D eigenvalue weighted by Crippen LogP contribution is -2.46. The molecule has 0 N–H and O–H groups in total. The maximum atomic E-state index is 14.2. The van der Waals surface area contributed by atoms with E-state index in [4.69, 9.17) is 5.53 Å². The van der Waals surface area contributed by atoms with Crippen LogP contribution in [0, 0.1) is 11.7 Å². The van der Waals surface area contributed by atoms with Crippen LogP contribution in [0.1, 0.15) is 69.0 Å². The quantitative estimate of drug-likeness (QED) is 0.409. The summed E-state index contributed by atoms with van der Waals surface area (Å²) in [5.41, 5.74) is 11.5. The van der Waals surface area contributed by atoms with E-state index in [-0.39, 0.29) is 35.4 Å². The number of pyridine rings is 1. The van der Waals surface area contributed by atoms with Crippen LogP contribution in [0.3, 0.4) is 0 Å². The molecule has 9 nitrogen and oxygen atoms in total. The summed E-state index contributed by atoms with van der Waals surface area (Å²) in [6.07, 6.45) is 8.86. The van der Waals surface area contributed by atoms with Crippen LogP contribution in [0.15, 0.2) is 46.4 Å². The number of piperidine rings is 2. The van der Waals surface area contributed by atoms with Gasteiger partial charge in [0.2, 0.25) is 5.91 Å². The predicted octanol–water partition coefficient (Wildman–Crippen LogP) is 5.18. The summed E-state index contributed by atoms with van der Waals surface area (Å²) in [6.45, 7) is 3.70. The lowest BCUT2D eigenvalue weighted by atomic mass is 9.93. The third-order valence-corrected chi connectivity index (χ3v) is 8.96. The Morgan fingerprint density at radius 3 is 2.33 bits per heavy atom. The fraction of sp³-hybridized carbons (Fsp3) is 0.552. The molecular weight excluding hydrogens is 497 g/mol. The Bertz CT molecular complexity index is 1410. The van der Waals surface area contributed by atoms with Crippen LogP contribution in [0.5, 0.6) is 0 Å². The minimum Gasteiger partial charge on any atom is -0.705 e. The Morgan fingerprint density at radius 2 is 1.62 bits per heavy atom. The second-order valence-electron chi connectivity index (χ2n) is 11.3. The van der Waals surface area contributed by atoms with Gasteiger partial charge in [-0.2, -0.15) is 0 Å². The first-order chi connectivity index (χ1) is 19.0. The third kappa shape index (κ3) is 5.14. The number of carbonyl (C=O) groups excluding carboxylic acids is 1. The number of hydrogen-bond donors (Lipinski definition) is 0. The van der Waals surface area contributed by atoms with Gasteiger partial charge in [-0.1, -0.05) is 12.8 Å². The number of aromatic nitrogens is 3. The first-order valence-electron chi connectivity index (χ1n) is 14.2. The molecule has 2 aromatic heterocycles. The van der Waals surface area contributed by atoms with Gasteiger partial charge >= 0.3 is 5.69 Å². The van der Waals surface area contributed by atoms with Crippen LogP contribution >= 0.6 is 0 Å². The zero-order valence-corrected chi connectivity index (χ0v) is 22.2. The molecule has 1 aromatic carbocycles. The summed E-state index contributed by atoms with van der Waals surface area (Å²) in [5, 5.41) is 3.16. The summed E-state index contributed by atoms with van der Waals surface area (Å²) in [7, 11) is 0. The number of halogens is 1. The molecule has 1 aliphatic carbocycles. The molecule has 3 aromatic rings. The van der Waals surface area contributed by atoms with Gasteiger partial charge in [0.05, 0.1) is 11.0 Å². The molecule has 39 heavy (non-hydrogen) atoms. The zero-order valence-electron chi connectivity index (χ0n) is 22.2. The second-order valence-corrected chi connectivity index (χ2v) is 11.3. The highest BCUT2D eigenvalue weighted by atomic mass is 19.1. The summed E-state index contributed by atoms with van der Waals surface area (Å²) in [6, 6.07) is 8.53. The van der Waals surface area contributed by atoms with E-state index < -0.39 is 0 Å². The van der Waals surface area contributed by atoms with Crippen LogP contribution in [0.4, 0.5) is 10.2 Å². The van der Waals surface area contributed by atoms with Crippen molar-refractivity contribution in [2.24, 2.45) is 11.0 Å². The first kappa shape index (κ1) is 25.9. The van der Waals surface area contributed by atoms with E-state index in [1.165, 1.54) is 12.1 Å². The van der Waals surface area contributed by atoms with E-state index in [0.29, 0.717) is 24.4 Å². The van der Waals surface area contributed by atoms with E-state index >= 15 is 0 Å². The molecular formula is C29H35FN7O2-. The number of fused-ring (bicyclic) bond motifs is 1. The molecule has 3 fully saturated rings. The number of nitrogens with zero attached hydrogens (tertiary/aromatic N) is 7. The van der Waals surface area contributed by atoms with Crippen molar-refractivity contribution >= 4 is 22.8 Å². The third-order valence-electron chi connectivity index (χ3n) is 8.96. The van der Waals surface area contributed by atoms with Crippen LogP contribution in [0.2, 0.25) is 0 Å². The van der Waals surface area contributed by atoms with E-state index in [1.807, 2.05) is 20.1 Å². The second kappa shape index (κ2) is 11.0. The van der Waals surface area contributed by atoms with E-state index in [9.17, 15) is 14.0 Å². The largest absolute Gasteiger partial charge is 0.705 e. The maximum Gasteiger partial charge on any atom is 0.329 e. The molecule has 1 amide bonds. The summed E-state index contributed by atoms with van der Waals surface area (Å²) >= 11 is 0. The SMILES string of the molecule is [N-]=Nc1cc(CN2CCC(C(=O)N3CCC(n4c(=O)n(C5CCCC5)c5cc(F)ccc54)CC3)CC2)ccn1. The number of hydrogen-bond acceptors (Lipinski definition) is 5. The van der Waals surface area contributed by atoms with Crippen molar-refractivity contribution in [1.29, 1.82) is 0 Å². The van der Waals surface area contributed by atoms with Crippen LogP contribution < -0.4 is 5.69 Å². The van der Waals surface area contributed by atoms with Crippen molar-refractivity contribution in [3.63, 3.8) is 0 Å². The monoisotopic (exact) mass is 532 g/mol. The Labute approximate surface area is 227 Å². The fourth-order valence-corrected chi connectivity index (χ4v) is 6.90. The van der Waals surface area contributed by atoms with Gasteiger partial charge in [0.25, 0.3) is 0 Å². The van der Waals surface area contributed by atoms with Crippen LogP contribution in [-0.2, 0) is 11.3 Å². The van der Waals surface area contributed by atoms with Gasteiger partial charge < -0.3 is 15.5 Å². The standard InChI is InChI=1S/C29H35FN7O2/c30-22-5-6-25-26(18-22)37(23-3-1-2-4-23)29(39)36(25)24-10-15-35(16-11-24)28(38)21-8-13-34(14-9-21)19-20-7-12-32-27(17-20)33-31/h5-7,12,17-18,21,23-24H,1-4,8-11,13-16,19H2/q-1. The van der Waals surface area contributed by atoms with Gasteiger partial charge in [0, 0.05) is 43.8 Å². The van der Waals surface area contributed by atoms with Crippen molar-refractivity contribution in [3.05, 3.63) is 63.9 Å². The van der Waals surface area contributed by atoms with Crippen molar-refractivity contribution in [3.8, 4) is 0 Å². The van der Waals surface area contributed by atoms with Crippen molar-refractivity contribution in [2.45, 2.75) is 70.0 Å². The first-order valence-corrected chi connectivity index (χ1v) is 14.2. The molecule has 3 aliphatic rings. The molecule has 0 radical (unpaired) electrons. The highest BCUT2D eigenvalue weighted by Crippen LogP contribution is 2.34. The zero-order chi connectivity index (χ0) is 26.9. The normalized spacial score (nSPS) is 20.2. The number of benzene rings is 1. The van der Waals surface area contributed by atoms with E-state index in [2.05, 4.69) is 15.0 Å². The molecule has 0 unspecified atom stereocenters. The molecule has 0 bridgehead atoms. The van der Waals surface area contributed by atoms with Gasteiger partial charge in [0.15, 0.2) is 0 Å². The summed E-state index contributed by atoms with van der Waals surface area (Å²) in [5.74, 6) is 0.233. The molecule has 6 rings (SSSR count). The van der Waals surface area contributed by atoms with Gasteiger partial charge in [-0.25, -0.2) is 14.2 Å². The summed E-state index contributed by atoms with van der Waals surface area (Å²) in [4.78, 5) is 35.3.